The number of benzene rings is 1. The third-order valence-corrected chi connectivity index (χ3v) is 3.63. The predicted octanol–water partition coefficient (Wildman–Crippen LogP) is 1.89. The molecule has 1 aromatic heterocycles. The van der Waals surface area contributed by atoms with Crippen molar-refractivity contribution in [3.8, 4) is 5.75 Å². The minimum Gasteiger partial charge on any atom is -0.497 e. The highest BCUT2D eigenvalue weighted by Crippen LogP contribution is 2.19. The molecule has 1 N–H and O–H groups in total. The number of methoxy groups -OCH3 is 1. The number of nitrogens with zero attached hydrogens (tertiary/aromatic N) is 1. The molecular weight excluding hydrogens is 252 g/mol. The first-order chi connectivity index (χ1) is 8.62. The Hall–Kier alpha value is -2.08. The Bertz CT molecular complexity index is 627. The van der Waals surface area contributed by atoms with Gasteiger partial charge in [-0.15, -0.1) is 0 Å². The smallest absolute Gasteiger partial charge is 0.263 e. The number of pyridine rings is 1. The van der Waals surface area contributed by atoms with Crippen molar-refractivity contribution in [1.29, 1.82) is 0 Å². The number of ether oxygens (including phenoxy) is 1. The number of hydrogen-bond donors (Lipinski definition) is 1. The summed E-state index contributed by atoms with van der Waals surface area (Å²) in [5.74, 6) is 0.585. The van der Waals surface area contributed by atoms with Gasteiger partial charge in [-0.2, -0.15) is 0 Å². The first-order valence-electron chi connectivity index (χ1n) is 5.19. The standard InChI is InChI=1S/C12H12N2O3S/c1-17-11-5-2-4-10(8-11)14-18(15,16)12-6-3-7-13-9-12/h2-9,14H,1H3. The molecule has 0 spiro atoms. The summed E-state index contributed by atoms with van der Waals surface area (Å²) in [7, 11) is -2.08. The monoisotopic (exact) mass is 264 g/mol. The van der Waals surface area contributed by atoms with Crippen LogP contribution >= 0.6 is 0 Å². The fraction of sp³-hybridized carbons (Fsp3) is 0.0833. The Morgan fingerprint density at radius 1 is 1.22 bits per heavy atom. The van der Waals surface area contributed by atoms with Crippen molar-refractivity contribution >= 4 is 15.7 Å². The zero-order chi connectivity index (χ0) is 13.0. The lowest BCUT2D eigenvalue weighted by Gasteiger charge is -2.08. The molecular formula is C12H12N2O3S. The fourth-order valence-electron chi connectivity index (χ4n) is 1.41. The quantitative estimate of drug-likeness (QED) is 0.915. The molecule has 0 atom stereocenters. The second-order valence-corrected chi connectivity index (χ2v) is 5.21. The van der Waals surface area contributed by atoms with Gasteiger partial charge >= 0.3 is 0 Å². The third-order valence-electron chi connectivity index (χ3n) is 2.27. The van der Waals surface area contributed by atoms with Gasteiger partial charge in [-0.05, 0) is 24.3 Å². The average molecular weight is 264 g/mol. The molecule has 0 unspecified atom stereocenters. The molecule has 0 aliphatic heterocycles. The molecule has 1 aromatic carbocycles. The summed E-state index contributed by atoms with van der Waals surface area (Å²) in [5, 5.41) is 0. The summed E-state index contributed by atoms with van der Waals surface area (Å²) in [6.45, 7) is 0. The van der Waals surface area contributed by atoms with Crippen molar-refractivity contribution in [2.75, 3.05) is 11.8 Å². The maximum Gasteiger partial charge on any atom is 0.263 e. The van der Waals surface area contributed by atoms with Crippen LogP contribution in [-0.2, 0) is 10.0 Å². The van der Waals surface area contributed by atoms with E-state index in [9.17, 15) is 8.42 Å². The summed E-state index contributed by atoms with van der Waals surface area (Å²) >= 11 is 0. The minimum atomic E-state index is -3.61. The molecule has 0 saturated heterocycles. The van der Waals surface area contributed by atoms with E-state index in [1.807, 2.05) is 0 Å². The lowest BCUT2D eigenvalue weighted by Crippen LogP contribution is -2.13. The van der Waals surface area contributed by atoms with Crippen LogP contribution in [-0.4, -0.2) is 20.5 Å². The van der Waals surface area contributed by atoms with Gasteiger partial charge in [-0.1, -0.05) is 6.07 Å². The maximum atomic E-state index is 12.0. The molecule has 18 heavy (non-hydrogen) atoms. The molecule has 1 heterocycles. The fourth-order valence-corrected chi connectivity index (χ4v) is 2.42. The number of aromatic nitrogens is 1. The van der Waals surface area contributed by atoms with Gasteiger partial charge < -0.3 is 4.74 Å². The number of nitrogens with one attached hydrogen (secondary N) is 1. The van der Waals surface area contributed by atoms with Gasteiger partial charge in [-0.3, -0.25) is 9.71 Å². The van der Waals surface area contributed by atoms with Gasteiger partial charge in [-0.25, -0.2) is 8.42 Å². The van der Waals surface area contributed by atoms with Crippen LogP contribution < -0.4 is 9.46 Å². The zero-order valence-electron chi connectivity index (χ0n) is 9.70. The number of hydrogen-bond acceptors (Lipinski definition) is 4. The first kappa shape index (κ1) is 12.4. The summed E-state index contributed by atoms with van der Waals surface area (Å²) < 4.78 is 31.5. The topological polar surface area (TPSA) is 68.3 Å². The number of sulfonamides is 1. The first-order valence-corrected chi connectivity index (χ1v) is 6.67. The Morgan fingerprint density at radius 3 is 2.72 bits per heavy atom. The SMILES string of the molecule is COc1cccc(NS(=O)(=O)c2cccnc2)c1. The van der Waals surface area contributed by atoms with E-state index in [1.54, 1.807) is 30.3 Å². The molecule has 2 rings (SSSR count). The van der Waals surface area contributed by atoms with Crippen LogP contribution in [0.2, 0.25) is 0 Å². The molecule has 0 radical (unpaired) electrons. The van der Waals surface area contributed by atoms with Crippen LogP contribution in [0.15, 0.2) is 53.7 Å². The second-order valence-electron chi connectivity index (χ2n) is 3.53. The van der Waals surface area contributed by atoms with Crippen LogP contribution in [0, 0.1) is 0 Å². The van der Waals surface area contributed by atoms with Gasteiger partial charge in [0.1, 0.15) is 10.6 Å². The van der Waals surface area contributed by atoms with Crippen LogP contribution in [0.4, 0.5) is 5.69 Å². The average Bonchev–Trinajstić information content (AvgIpc) is 2.39. The van der Waals surface area contributed by atoms with Crippen LogP contribution in [0.25, 0.3) is 0 Å². The Balaban J connectivity index is 2.28. The molecule has 5 nitrogen and oxygen atoms in total. The summed E-state index contributed by atoms with van der Waals surface area (Å²) in [5.41, 5.74) is 0.443. The molecule has 94 valence electrons. The normalized spacial score (nSPS) is 10.9. The van der Waals surface area contributed by atoms with E-state index >= 15 is 0 Å². The minimum absolute atomic E-state index is 0.118. The highest BCUT2D eigenvalue weighted by molar-refractivity contribution is 7.92. The van der Waals surface area contributed by atoms with Crippen molar-refractivity contribution in [3.05, 3.63) is 48.8 Å². The van der Waals surface area contributed by atoms with Crippen LogP contribution in [0.3, 0.4) is 0 Å². The molecule has 0 aliphatic carbocycles. The summed E-state index contributed by atoms with van der Waals surface area (Å²) in [6, 6.07) is 9.75. The Labute approximate surface area is 105 Å². The van der Waals surface area contributed by atoms with E-state index in [1.165, 1.54) is 25.6 Å². The summed E-state index contributed by atoms with van der Waals surface area (Å²) in [4.78, 5) is 3.90. The van der Waals surface area contributed by atoms with Gasteiger partial charge in [0.05, 0.1) is 12.8 Å². The van der Waals surface area contributed by atoms with E-state index in [0.29, 0.717) is 11.4 Å². The van der Waals surface area contributed by atoms with Crippen molar-refractivity contribution in [2.45, 2.75) is 4.90 Å². The highest BCUT2D eigenvalue weighted by atomic mass is 32.2. The lowest BCUT2D eigenvalue weighted by atomic mass is 10.3. The molecule has 0 aliphatic rings. The Kier molecular flexibility index (Phi) is 3.47. The second kappa shape index (κ2) is 5.05. The van der Waals surface area contributed by atoms with E-state index in [0.717, 1.165) is 0 Å². The molecule has 6 heteroatoms. The van der Waals surface area contributed by atoms with Crippen LogP contribution in [0.1, 0.15) is 0 Å². The highest BCUT2D eigenvalue weighted by Gasteiger charge is 2.13. The number of rotatable bonds is 4. The van der Waals surface area contributed by atoms with E-state index in [-0.39, 0.29) is 4.90 Å². The molecule has 2 aromatic rings. The van der Waals surface area contributed by atoms with Gasteiger partial charge in [0.2, 0.25) is 0 Å². The Morgan fingerprint density at radius 2 is 2.06 bits per heavy atom. The van der Waals surface area contributed by atoms with Crippen molar-refractivity contribution in [3.63, 3.8) is 0 Å². The van der Waals surface area contributed by atoms with E-state index in [2.05, 4.69) is 9.71 Å². The molecule has 0 fully saturated rings. The van der Waals surface area contributed by atoms with Gasteiger partial charge in [0.25, 0.3) is 10.0 Å². The molecule has 0 saturated carbocycles. The van der Waals surface area contributed by atoms with Crippen LogP contribution in [0.5, 0.6) is 5.75 Å². The van der Waals surface area contributed by atoms with Gasteiger partial charge in [0, 0.05) is 18.5 Å². The van der Waals surface area contributed by atoms with Crippen molar-refractivity contribution in [2.24, 2.45) is 0 Å². The zero-order valence-corrected chi connectivity index (χ0v) is 10.5. The molecule has 0 bridgehead atoms. The van der Waals surface area contributed by atoms with E-state index < -0.39 is 10.0 Å². The van der Waals surface area contributed by atoms with Crippen molar-refractivity contribution in [1.82, 2.24) is 4.98 Å². The summed E-state index contributed by atoms with van der Waals surface area (Å²) in [6.07, 6.45) is 2.81. The maximum absolute atomic E-state index is 12.0. The molecule has 0 amide bonds. The van der Waals surface area contributed by atoms with Crippen molar-refractivity contribution < 1.29 is 13.2 Å². The van der Waals surface area contributed by atoms with Gasteiger partial charge in [0.15, 0.2) is 0 Å². The largest absolute Gasteiger partial charge is 0.497 e. The van der Waals surface area contributed by atoms with E-state index in [4.69, 9.17) is 4.74 Å². The third kappa shape index (κ3) is 2.78. The number of anilines is 1. The predicted molar refractivity (Wildman–Crippen MR) is 68.0 cm³/mol. The lowest BCUT2D eigenvalue weighted by molar-refractivity contribution is 0.415.